The highest BCUT2D eigenvalue weighted by Crippen LogP contribution is 2.19. The van der Waals surface area contributed by atoms with Gasteiger partial charge in [-0.2, -0.15) is 0 Å². The number of rotatable bonds is 1. The van der Waals surface area contributed by atoms with Crippen molar-refractivity contribution in [2.24, 2.45) is 18.7 Å². The van der Waals surface area contributed by atoms with Crippen LogP contribution in [0.2, 0.25) is 5.02 Å². The molecule has 1 amide bonds. The monoisotopic (exact) mass is 241 g/mol. The minimum Gasteiger partial charge on any atom is -0.345 e. The minimum absolute atomic E-state index is 0.00852. The van der Waals surface area contributed by atoms with E-state index in [1.807, 2.05) is 7.05 Å². The van der Waals surface area contributed by atoms with Crippen LogP contribution in [0, 0.1) is 5.92 Å². The number of nitrogens with two attached hydrogens (primary N) is 1. The average molecular weight is 242 g/mol. The average Bonchev–Trinajstić information content (AvgIpc) is 2.70. The van der Waals surface area contributed by atoms with Gasteiger partial charge in [-0.25, -0.2) is 0 Å². The van der Waals surface area contributed by atoms with Gasteiger partial charge in [0.05, 0.1) is 5.02 Å². The molecule has 0 bridgehead atoms. The van der Waals surface area contributed by atoms with Gasteiger partial charge in [-0.15, -0.1) is 0 Å². The highest BCUT2D eigenvalue weighted by atomic mass is 35.5. The molecule has 0 aromatic carbocycles. The van der Waals surface area contributed by atoms with Gasteiger partial charge in [0.15, 0.2) is 0 Å². The van der Waals surface area contributed by atoms with Crippen LogP contribution in [0.1, 0.15) is 17.4 Å². The summed E-state index contributed by atoms with van der Waals surface area (Å²) in [6.07, 6.45) is 1.73. The lowest BCUT2D eigenvalue weighted by Gasteiger charge is -2.15. The lowest BCUT2D eigenvalue weighted by atomic mass is 10.1. The van der Waals surface area contributed by atoms with E-state index in [4.69, 9.17) is 17.3 Å². The third kappa shape index (κ3) is 1.95. The topological polar surface area (TPSA) is 51.3 Å². The molecule has 88 valence electrons. The summed E-state index contributed by atoms with van der Waals surface area (Å²) in [4.78, 5) is 14.0. The van der Waals surface area contributed by atoms with Crippen LogP contribution < -0.4 is 5.73 Å². The maximum Gasteiger partial charge on any atom is 0.270 e. The molecule has 2 rings (SSSR count). The Labute approximate surface area is 100.0 Å². The van der Waals surface area contributed by atoms with E-state index in [0.717, 1.165) is 6.54 Å². The molecule has 1 aromatic heterocycles. The van der Waals surface area contributed by atoms with Crippen molar-refractivity contribution < 1.29 is 4.79 Å². The first kappa shape index (κ1) is 11.5. The zero-order valence-corrected chi connectivity index (χ0v) is 10.2. The smallest absolute Gasteiger partial charge is 0.270 e. The molecular formula is C11H16ClN3O. The lowest BCUT2D eigenvalue weighted by Crippen LogP contribution is -2.33. The standard InChI is InChI=1S/C11H16ClN3O/c1-7-4-15(6-9(7)13)11(16)10-3-8(12)5-14(10)2/h3,5,7,9H,4,6,13H2,1-2H3. The van der Waals surface area contributed by atoms with E-state index in [0.29, 0.717) is 23.2 Å². The first-order chi connectivity index (χ1) is 7.49. The van der Waals surface area contributed by atoms with E-state index in [9.17, 15) is 4.79 Å². The normalized spacial score (nSPS) is 25.1. The van der Waals surface area contributed by atoms with Crippen molar-refractivity contribution in [2.75, 3.05) is 13.1 Å². The van der Waals surface area contributed by atoms with E-state index >= 15 is 0 Å². The summed E-state index contributed by atoms with van der Waals surface area (Å²) in [5, 5.41) is 0.586. The zero-order valence-electron chi connectivity index (χ0n) is 9.48. The Morgan fingerprint density at radius 2 is 2.25 bits per heavy atom. The Kier molecular flexibility index (Phi) is 2.95. The van der Waals surface area contributed by atoms with Crippen LogP contribution in [0.5, 0.6) is 0 Å². The van der Waals surface area contributed by atoms with Crippen LogP contribution in [0.4, 0.5) is 0 Å². The predicted molar refractivity (Wildman–Crippen MR) is 63.5 cm³/mol. The van der Waals surface area contributed by atoms with Crippen LogP contribution in [0.15, 0.2) is 12.3 Å². The molecule has 4 nitrogen and oxygen atoms in total. The number of nitrogens with zero attached hydrogens (tertiary/aromatic N) is 2. The summed E-state index contributed by atoms with van der Waals surface area (Å²) in [6.45, 7) is 3.42. The van der Waals surface area contributed by atoms with Crippen LogP contribution in [-0.4, -0.2) is 34.5 Å². The van der Waals surface area contributed by atoms with Gasteiger partial charge in [0.1, 0.15) is 5.69 Å². The van der Waals surface area contributed by atoms with Crippen LogP contribution in [-0.2, 0) is 7.05 Å². The van der Waals surface area contributed by atoms with Crippen LogP contribution in [0.25, 0.3) is 0 Å². The van der Waals surface area contributed by atoms with Gasteiger partial charge in [0, 0.05) is 32.4 Å². The largest absolute Gasteiger partial charge is 0.345 e. The third-order valence-corrected chi connectivity index (χ3v) is 3.36. The molecule has 1 aliphatic rings. The first-order valence-electron chi connectivity index (χ1n) is 5.35. The van der Waals surface area contributed by atoms with Crippen LogP contribution in [0.3, 0.4) is 0 Å². The lowest BCUT2D eigenvalue weighted by molar-refractivity contribution is 0.0777. The summed E-state index contributed by atoms with van der Waals surface area (Å²) < 4.78 is 1.75. The number of hydrogen-bond acceptors (Lipinski definition) is 2. The molecule has 1 aliphatic heterocycles. The number of hydrogen-bond donors (Lipinski definition) is 1. The second-order valence-electron chi connectivity index (χ2n) is 4.51. The molecule has 0 radical (unpaired) electrons. The number of halogens is 1. The summed E-state index contributed by atoms with van der Waals surface area (Å²) in [6, 6.07) is 1.78. The summed E-state index contributed by atoms with van der Waals surface area (Å²) in [5.74, 6) is 0.369. The fourth-order valence-electron chi connectivity index (χ4n) is 2.06. The highest BCUT2D eigenvalue weighted by molar-refractivity contribution is 6.31. The second-order valence-corrected chi connectivity index (χ2v) is 4.94. The molecule has 5 heteroatoms. The fourth-order valence-corrected chi connectivity index (χ4v) is 2.31. The Bertz CT molecular complexity index is 405. The third-order valence-electron chi connectivity index (χ3n) is 3.15. The maximum absolute atomic E-state index is 12.2. The molecule has 0 aliphatic carbocycles. The van der Waals surface area contributed by atoms with Gasteiger partial charge < -0.3 is 15.2 Å². The zero-order chi connectivity index (χ0) is 11.9. The van der Waals surface area contributed by atoms with E-state index in [1.165, 1.54) is 0 Å². The van der Waals surface area contributed by atoms with E-state index in [-0.39, 0.29) is 11.9 Å². The molecule has 16 heavy (non-hydrogen) atoms. The summed E-state index contributed by atoms with van der Waals surface area (Å²) >= 11 is 5.86. The Balaban J connectivity index is 2.17. The van der Waals surface area contributed by atoms with Crippen molar-refractivity contribution in [3.8, 4) is 0 Å². The van der Waals surface area contributed by atoms with E-state index in [2.05, 4.69) is 6.92 Å². The van der Waals surface area contributed by atoms with E-state index in [1.54, 1.807) is 21.7 Å². The first-order valence-corrected chi connectivity index (χ1v) is 5.73. The molecular weight excluding hydrogens is 226 g/mol. The maximum atomic E-state index is 12.2. The van der Waals surface area contributed by atoms with Gasteiger partial charge in [-0.3, -0.25) is 4.79 Å². The van der Waals surface area contributed by atoms with E-state index < -0.39 is 0 Å². The quantitative estimate of drug-likeness (QED) is 0.801. The molecule has 1 fully saturated rings. The number of likely N-dealkylation sites (tertiary alicyclic amines) is 1. The Morgan fingerprint density at radius 1 is 1.56 bits per heavy atom. The van der Waals surface area contributed by atoms with Gasteiger partial charge in [0.25, 0.3) is 5.91 Å². The Hall–Kier alpha value is -1.00. The fraction of sp³-hybridized carbons (Fsp3) is 0.545. The van der Waals surface area contributed by atoms with Crippen molar-refractivity contribution in [3.05, 3.63) is 23.0 Å². The predicted octanol–water partition coefficient (Wildman–Crippen LogP) is 1.10. The molecule has 2 atom stereocenters. The van der Waals surface area contributed by atoms with Gasteiger partial charge in [0.2, 0.25) is 0 Å². The van der Waals surface area contributed by atoms with Gasteiger partial charge in [-0.05, 0) is 12.0 Å². The van der Waals surface area contributed by atoms with Crippen molar-refractivity contribution in [1.82, 2.24) is 9.47 Å². The summed E-state index contributed by atoms with van der Waals surface area (Å²) in [5.41, 5.74) is 6.52. The van der Waals surface area contributed by atoms with Crippen LogP contribution >= 0.6 is 11.6 Å². The second kappa shape index (κ2) is 4.11. The SMILES string of the molecule is CC1CN(C(=O)c2cc(Cl)cn2C)CC1N. The number of aromatic nitrogens is 1. The molecule has 2 heterocycles. The van der Waals surface area contributed by atoms with Crippen molar-refractivity contribution in [3.63, 3.8) is 0 Å². The Morgan fingerprint density at radius 3 is 2.69 bits per heavy atom. The molecule has 1 saturated heterocycles. The van der Waals surface area contributed by atoms with Gasteiger partial charge >= 0.3 is 0 Å². The van der Waals surface area contributed by atoms with Crippen molar-refractivity contribution in [2.45, 2.75) is 13.0 Å². The molecule has 2 unspecified atom stereocenters. The highest BCUT2D eigenvalue weighted by Gasteiger charge is 2.31. The number of carbonyl (C=O) groups excluding carboxylic acids is 1. The minimum atomic E-state index is 0.00852. The molecule has 0 spiro atoms. The van der Waals surface area contributed by atoms with Crippen molar-refractivity contribution in [1.29, 1.82) is 0 Å². The van der Waals surface area contributed by atoms with Gasteiger partial charge in [-0.1, -0.05) is 18.5 Å². The molecule has 0 saturated carbocycles. The van der Waals surface area contributed by atoms with Crippen molar-refractivity contribution >= 4 is 17.5 Å². The number of amides is 1. The number of carbonyl (C=O) groups is 1. The number of aryl methyl sites for hydroxylation is 1. The molecule has 2 N–H and O–H groups in total. The molecule has 1 aromatic rings. The summed E-state index contributed by atoms with van der Waals surface area (Å²) in [7, 11) is 1.82.